The van der Waals surface area contributed by atoms with Gasteiger partial charge in [0.25, 0.3) is 0 Å². The lowest BCUT2D eigenvalue weighted by molar-refractivity contribution is -0.136. The molecule has 21 heavy (non-hydrogen) atoms. The summed E-state index contributed by atoms with van der Waals surface area (Å²) >= 11 is 0. The highest BCUT2D eigenvalue weighted by molar-refractivity contribution is 5.67. The number of hydrogen-bond donors (Lipinski definition) is 2. The molecule has 2 rings (SSSR count). The van der Waals surface area contributed by atoms with Crippen LogP contribution in [0.4, 0.5) is 5.69 Å². The van der Waals surface area contributed by atoms with Crippen LogP contribution in [-0.2, 0) is 17.8 Å². The fourth-order valence-electron chi connectivity index (χ4n) is 1.93. The zero-order valence-corrected chi connectivity index (χ0v) is 12.3. The third kappa shape index (κ3) is 4.59. The highest BCUT2D eigenvalue weighted by Gasteiger charge is 2.04. The van der Waals surface area contributed by atoms with E-state index in [0.29, 0.717) is 19.0 Å². The van der Waals surface area contributed by atoms with Gasteiger partial charge in [-0.15, -0.1) is 5.10 Å². The van der Waals surface area contributed by atoms with E-state index in [2.05, 4.69) is 29.5 Å². The molecular formula is C15H20N4O2. The van der Waals surface area contributed by atoms with Crippen LogP contribution in [0, 0.1) is 0 Å². The lowest BCUT2D eigenvalue weighted by Gasteiger charge is -2.06. The van der Waals surface area contributed by atoms with E-state index in [9.17, 15) is 4.79 Å². The summed E-state index contributed by atoms with van der Waals surface area (Å²) in [6.07, 6.45) is 2.60. The monoisotopic (exact) mass is 288 g/mol. The van der Waals surface area contributed by atoms with Crippen molar-refractivity contribution in [3.63, 3.8) is 0 Å². The quantitative estimate of drug-likeness (QED) is 0.818. The minimum absolute atomic E-state index is 0.145. The smallest absolute Gasteiger partial charge is 0.303 e. The van der Waals surface area contributed by atoms with Gasteiger partial charge in [0.2, 0.25) is 0 Å². The molecule has 0 saturated carbocycles. The molecule has 2 N–H and O–H groups in total. The van der Waals surface area contributed by atoms with Gasteiger partial charge in [-0.25, -0.2) is 4.68 Å². The Hall–Kier alpha value is -2.37. The molecule has 0 aliphatic carbocycles. The zero-order chi connectivity index (χ0) is 15.2. The predicted octanol–water partition coefficient (Wildman–Crippen LogP) is 2.49. The van der Waals surface area contributed by atoms with E-state index in [-0.39, 0.29) is 6.42 Å². The van der Waals surface area contributed by atoms with Crippen LogP contribution in [0.25, 0.3) is 0 Å². The van der Waals surface area contributed by atoms with Crippen LogP contribution in [0.1, 0.15) is 37.6 Å². The van der Waals surface area contributed by atoms with Crippen molar-refractivity contribution in [3.8, 4) is 0 Å². The summed E-state index contributed by atoms with van der Waals surface area (Å²) in [5, 5.41) is 20.2. The molecule has 0 saturated heterocycles. The van der Waals surface area contributed by atoms with Gasteiger partial charge in [0.05, 0.1) is 12.7 Å². The molecule has 1 aromatic carbocycles. The van der Waals surface area contributed by atoms with Crippen molar-refractivity contribution in [2.75, 3.05) is 5.32 Å². The number of anilines is 1. The maximum absolute atomic E-state index is 10.6. The molecule has 0 unspecified atom stereocenters. The third-order valence-corrected chi connectivity index (χ3v) is 3.11. The average molecular weight is 288 g/mol. The Morgan fingerprint density at radius 2 is 2.24 bits per heavy atom. The lowest BCUT2D eigenvalue weighted by atomic mass is 10.1. The van der Waals surface area contributed by atoms with Crippen LogP contribution in [0.3, 0.4) is 0 Å². The second-order valence-corrected chi connectivity index (χ2v) is 5.23. The Kier molecular flexibility index (Phi) is 4.92. The van der Waals surface area contributed by atoms with Gasteiger partial charge in [0.1, 0.15) is 5.69 Å². The summed E-state index contributed by atoms with van der Waals surface area (Å²) in [7, 11) is 0. The van der Waals surface area contributed by atoms with Crippen molar-refractivity contribution >= 4 is 11.7 Å². The molecule has 2 aromatic rings. The fourth-order valence-corrected chi connectivity index (χ4v) is 1.93. The Morgan fingerprint density at radius 3 is 2.90 bits per heavy atom. The van der Waals surface area contributed by atoms with Crippen LogP contribution >= 0.6 is 0 Å². The number of aromatic nitrogens is 3. The summed E-state index contributed by atoms with van der Waals surface area (Å²) in [5.41, 5.74) is 2.84. The summed E-state index contributed by atoms with van der Waals surface area (Å²) in [5.74, 6) is -0.779. The first-order valence-corrected chi connectivity index (χ1v) is 7.00. The minimum atomic E-state index is -0.779. The largest absolute Gasteiger partial charge is 0.481 e. The number of hydrogen-bond acceptors (Lipinski definition) is 4. The minimum Gasteiger partial charge on any atom is -0.481 e. The van der Waals surface area contributed by atoms with Gasteiger partial charge in [-0.2, -0.15) is 0 Å². The molecule has 0 bridgehead atoms. The van der Waals surface area contributed by atoms with Crippen molar-refractivity contribution in [3.05, 3.63) is 41.7 Å². The number of carboxylic acids is 1. The molecule has 0 fully saturated rings. The molecule has 112 valence electrons. The van der Waals surface area contributed by atoms with Crippen LogP contribution in [0.5, 0.6) is 0 Å². The number of aliphatic carboxylic acids is 1. The summed E-state index contributed by atoms with van der Waals surface area (Å²) in [6.45, 7) is 4.70. The molecular weight excluding hydrogens is 268 g/mol. The van der Waals surface area contributed by atoms with Gasteiger partial charge < -0.3 is 10.4 Å². The molecule has 6 heteroatoms. The van der Waals surface area contributed by atoms with Crippen LogP contribution in [0.15, 0.2) is 30.5 Å². The molecule has 0 spiro atoms. The average Bonchev–Trinajstić information content (AvgIpc) is 2.92. The highest BCUT2D eigenvalue weighted by Crippen LogP contribution is 2.13. The van der Waals surface area contributed by atoms with Crippen LogP contribution in [0.2, 0.25) is 0 Å². The second kappa shape index (κ2) is 6.88. The molecule has 0 aliphatic heterocycles. The van der Waals surface area contributed by atoms with Crippen LogP contribution in [-0.4, -0.2) is 26.1 Å². The van der Waals surface area contributed by atoms with Gasteiger partial charge in [0.15, 0.2) is 0 Å². The van der Waals surface area contributed by atoms with Crippen molar-refractivity contribution in [2.24, 2.45) is 0 Å². The topological polar surface area (TPSA) is 80.0 Å². The maximum Gasteiger partial charge on any atom is 0.303 e. The van der Waals surface area contributed by atoms with E-state index in [0.717, 1.165) is 16.9 Å². The number of carboxylic acid groups (broad SMARTS) is 1. The highest BCUT2D eigenvalue weighted by atomic mass is 16.4. The first-order chi connectivity index (χ1) is 10.0. The predicted molar refractivity (Wildman–Crippen MR) is 80.1 cm³/mol. The van der Waals surface area contributed by atoms with Gasteiger partial charge in [-0.05, 0) is 38.0 Å². The van der Waals surface area contributed by atoms with Crippen molar-refractivity contribution in [1.82, 2.24) is 15.0 Å². The molecule has 1 aromatic heterocycles. The van der Waals surface area contributed by atoms with Gasteiger partial charge in [-0.3, -0.25) is 4.79 Å². The molecule has 1 heterocycles. The molecule has 0 radical (unpaired) electrons. The molecule has 0 atom stereocenters. The van der Waals surface area contributed by atoms with E-state index < -0.39 is 5.97 Å². The Bertz CT molecular complexity index is 607. The first kappa shape index (κ1) is 15.0. The Balaban J connectivity index is 1.93. The molecule has 0 aliphatic rings. The number of rotatable bonds is 7. The first-order valence-electron chi connectivity index (χ1n) is 7.00. The van der Waals surface area contributed by atoms with Gasteiger partial charge in [0, 0.05) is 18.2 Å². The summed E-state index contributed by atoms with van der Waals surface area (Å²) < 4.78 is 1.82. The molecule has 6 nitrogen and oxygen atoms in total. The van der Waals surface area contributed by atoms with Crippen LogP contribution < -0.4 is 5.32 Å². The number of carbonyl (C=O) groups is 1. The Labute approximate surface area is 123 Å². The molecule has 0 amide bonds. The van der Waals surface area contributed by atoms with Crippen molar-refractivity contribution in [2.45, 2.75) is 39.3 Å². The number of benzene rings is 1. The zero-order valence-electron chi connectivity index (χ0n) is 12.3. The van der Waals surface area contributed by atoms with E-state index in [4.69, 9.17) is 5.11 Å². The SMILES string of the molecule is CC(C)n1cc(CNc2cccc(CCC(=O)O)c2)nn1. The Morgan fingerprint density at radius 1 is 1.43 bits per heavy atom. The summed E-state index contributed by atoms with van der Waals surface area (Å²) in [4.78, 5) is 10.6. The summed E-state index contributed by atoms with van der Waals surface area (Å²) in [6, 6.07) is 8.08. The normalized spacial score (nSPS) is 10.8. The van der Waals surface area contributed by atoms with Gasteiger partial charge in [-0.1, -0.05) is 17.3 Å². The van der Waals surface area contributed by atoms with E-state index in [1.807, 2.05) is 35.1 Å². The number of nitrogens with zero attached hydrogens (tertiary/aromatic N) is 3. The van der Waals surface area contributed by atoms with E-state index in [1.54, 1.807) is 0 Å². The number of aryl methyl sites for hydroxylation is 1. The van der Waals surface area contributed by atoms with E-state index >= 15 is 0 Å². The van der Waals surface area contributed by atoms with E-state index in [1.165, 1.54) is 0 Å². The standard InChI is InChI=1S/C15H20N4O2/c1-11(2)19-10-14(17-18-19)9-16-13-5-3-4-12(8-13)6-7-15(20)21/h3-5,8,10-11,16H,6-7,9H2,1-2H3,(H,20,21). The number of nitrogens with one attached hydrogen (secondary N) is 1. The second-order valence-electron chi connectivity index (χ2n) is 5.23. The maximum atomic E-state index is 10.6. The van der Waals surface area contributed by atoms with Crippen molar-refractivity contribution < 1.29 is 9.90 Å². The lowest BCUT2D eigenvalue weighted by Crippen LogP contribution is -2.02. The third-order valence-electron chi connectivity index (χ3n) is 3.11. The van der Waals surface area contributed by atoms with Crippen molar-refractivity contribution in [1.29, 1.82) is 0 Å². The van der Waals surface area contributed by atoms with Gasteiger partial charge >= 0.3 is 5.97 Å². The fraction of sp³-hybridized carbons (Fsp3) is 0.400.